The van der Waals surface area contributed by atoms with E-state index in [1.165, 1.54) is 0 Å². The zero-order valence-electron chi connectivity index (χ0n) is 13.7. The molecule has 7 heteroatoms. The van der Waals surface area contributed by atoms with Crippen molar-refractivity contribution in [2.75, 3.05) is 19.6 Å². The van der Waals surface area contributed by atoms with Gasteiger partial charge < -0.3 is 15.7 Å². The van der Waals surface area contributed by atoms with Crippen molar-refractivity contribution in [2.45, 2.75) is 32.9 Å². The smallest absolute Gasteiger partial charge is 0.253 e. The van der Waals surface area contributed by atoms with Crippen molar-refractivity contribution in [3.8, 4) is 0 Å². The Morgan fingerprint density at radius 1 is 1.52 bits per heavy atom. The molecule has 7 nitrogen and oxygen atoms in total. The van der Waals surface area contributed by atoms with Gasteiger partial charge in [0.2, 0.25) is 0 Å². The van der Waals surface area contributed by atoms with Crippen molar-refractivity contribution in [2.24, 2.45) is 5.92 Å². The number of pyridine rings is 1. The first-order valence-electron chi connectivity index (χ1n) is 7.99. The van der Waals surface area contributed by atoms with Gasteiger partial charge in [-0.05, 0) is 26.8 Å². The fraction of sp³-hybridized carbons (Fsp3) is 0.562. The van der Waals surface area contributed by atoms with Crippen molar-refractivity contribution in [3.05, 3.63) is 23.5 Å². The molecule has 0 bridgehead atoms. The molecule has 1 saturated heterocycles. The molecule has 3 N–H and O–H groups in total. The second-order valence-electron chi connectivity index (χ2n) is 6.41. The fourth-order valence-electron chi connectivity index (χ4n) is 2.92. The van der Waals surface area contributed by atoms with Gasteiger partial charge in [-0.15, -0.1) is 0 Å². The number of aliphatic hydroxyl groups is 1. The number of carbonyl (C=O) groups is 1. The second kappa shape index (κ2) is 6.25. The summed E-state index contributed by atoms with van der Waals surface area (Å²) in [7, 11) is 0. The van der Waals surface area contributed by atoms with E-state index in [1.807, 2.05) is 31.5 Å². The molecule has 2 aromatic rings. The molecule has 1 amide bonds. The van der Waals surface area contributed by atoms with E-state index in [9.17, 15) is 9.90 Å². The number of hydrogen-bond acceptors (Lipinski definition) is 5. The highest BCUT2D eigenvalue weighted by atomic mass is 16.3. The van der Waals surface area contributed by atoms with Gasteiger partial charge in [-0.25, -0.2) is 9.67 Å². The number of rotatable bonds is 4. The Morgan fingerprint density at radius 3 is 2.96 bits per heavy atom. The number of fused-ring (bicyclic) bond motifs is 1. The van der Waals surface area contributed by atoms with Crippen molar-refractivity contribution in [1.82, 2.24) is 25.4 Å². The number of aliphatic hydroxyl groups excluding tert-OH is 1. The quantitative estimate of drug-likeness (QED) is 0.769. The van der Waals surface area contributed by atoms with Gasteiger partial charge >= 0.3 is 0 Å². The van der Waals surface area contributed by atoms with Crippen LogP contribution < -0.4 is 10.6 Å². The minimum absolute atomic E-state index is 0.0552. The number of amides is 1. The van der Waals surface area contributed by atoms with E-state index >= 15 is 0 Å². The van der Waals surface area contributed by atoms with E-state index < -0.39 is 6.10 Å². The summed E-state index contributed by atoms with van der Waals surface area (Å²) in [6.07, 6.45) is 1.34. The number of nitrogens with one attached hydrogen (secondary N) is 2. The van der Waals surface area contributed by atoms with Gasteiger partial charge in [-0.3, -0.25) is 4.79 Å². The molecule has 23 heavy (non-hydrogen) atoms. The van der Waals surface area contributed by atoms with Gasteiger partial charge in [0.05, 0.1) is 23.6 Å². The molecule has 0 aromatic carbocycles. The third-order valence-corrected chi connectivity index (χ3v) is 4.32. The zero-order valence-corrected chi connectivity index (χ0v) is 13.7. The van der Waals surface area contributed by atoms with Crippen LogP contribution in [0.4, 0.5) is 0 Å². The van der Waals surface area contributed by atoms with Crippen LogP contribution in [0.5, 0.6) is 0 Å². The number of carbonyl (C=O) groups excluding carboxylic acids is 1. The molecule has 1 aliphatic heterocycles. The highest BCUT2D eigenvalue weighted by molar-refractivity contribution is 5.98. The van der Waals surface area contributed by atoms with E-state index in [1.54, 1.807) is 6.20 Å². The Kier molecular flexibility index (Phi) is 4.32. The molecule has 3 rings (SSSR count). The molecule has 1 aliphatic rings. The predicted octanol–water partition coefficient (Wildman–Crippen LogP) is 0.631. The Morgan fingerprint density at radius 2 is 2.30 bits per heavy atom. The van der Waals surface area contributed by atoms with Crippen molar-refractivity contribution < 1.29 is 9.90 Å². The van der Waals surface area contributed by atoms with Crippen LogP contribution in [0.1, 0.15) is 35.9 Å². The average molecular weight is 317 g/mol. The third kappa shape index (κ3) is 3.07. The molecular weight excluding hydrogens is 294 g/mol. The molecule has 2 aromatic heterocycles. The lowest BCUT2D eigenvalue weighted by Gasteiger charge is -2.15. The summed E-state index contributed by atoms with van der Waals surface area (Å²) in [5, 5.41) is 21.0. The van der Waals surface area contributed by atoms with Crippen molar-refractivity contribution in [3.63, 3.8) is 0 Å². The first-order valence-corrected chi connectivity index (χ1v) is 7.99. The third-order valence-electron chi connectivity index (χ3n) is 4.32. The van der Waals surface area contributed by atoms with Gasteiger partial charge in [0.1, 0.15) is 0 Å². The molecule has 0 aliphatic carbocycles. The normalized spacial score (nSPS) is 21.3. The van der Waals surface area contributed by atoms with E-state index in [2.05, 4.69) is 20.7 Å². The summed E-state index contributed by atoms with van der Waals surface area (Å²) < 4.78 is 1.85. The number of aryl methyl sites for hydroxylation is 1. The molecule has 2 unspecified atom stereocenters. The topological polar surface area (TPSA) is 92.1 Å². The van der Waals surface area contributed by atoms with Crippen molar-refractivity contribution >= 4 is 16.9 Å². The minimum atomic E-state index is -0.402. The van der Waals surface area contributed by atoms with Crippen LogP contribution in [0, 0.1) is 12.8 Å². The molecule has 124 valence electrons. The van der Waals surface area contributed by atoms with Crippen LogP contribution in [-0.4, -0.2) is 51.5 Å². The van der Waals surface area contributed by atoms with Crippen LogP contribution in [-0.2, 0) is 0 Å². The number of hydrogen-bond donors (Lipinski definition) is 3. The van der Waals surface area contributed by atoms with E-state index in [0.717, 1.165) is 17.6 Å². The van der Waals surface area contributed by atoms with Crippen LogP contribution in [0.25, 0.3) is 11.0 Å². The molecule has 0 radical (unpaired) electrons. The molecule has 0 saturated carbocycles. The van der Waals surface area contributed by atoms with Crippen LogP contribution in [0.2, 0.25) is 0 Å². The first kappa shape index (κ1) is 15.9. The standard InChI is InChI=1S/C16H23N5O2/c1-9(2)21-15-11(7-19-21)4-13(10(3)20-15)16(23)18-6-12-5-17-8-14(12)22/h4,7,9,12,14,17,22H,5-6,8H2,1-3H3,(H,18,23). The Bertz CT molecular complexity index is 725. The van der Waals surface area contributed by atoms with E-state index in [-0.39, 0.29) is 17.9 Å². The molecule has 2 atom stereocenters. The average Bonchev–Trinajstić information content (AvgIpc) is 3.09. The number of β-amino-alcohol motifs (C(OH)–C–C–N with tert-alkyl or cyclic N) is 1. The minimum Gasteiger partial charge on any atom is -0.391 e. The van der Waals surface area contributed by atoms with E-state index in [4.69, 9.17) is 0 Å². The molecular formula is C16H23N5O2. The van der Waals surface area contributed by atoms with Gasteiger partial charge in [0, 0.05) is 37.0 Å². The molecule has 0 spiro atoms. The van der Waals surface area contributed by atoms with Crippen molar-refractivity contribution in [1.29, 1.82) is 0 Å². The zero-order chi connectivity index (χ0) is 16.6. The Labute approximate surface area is 135 Å². The van der Waals surface area contributed by atoms with Crippen LogP contribution in [0.3, 0.4) is 0 Å². The lowest BCUT2D eigenvalue weighted by molar-refractivity contribution is 0.0926. The SMILES string of the molecule is Cc1nc2c(cnn2C(C)C)cc1C(=O)NCC1CNCC1O. The lowest BCUT2D eigenvalue weighted by atomic mass is 10.1. The summed E-state index contributed by atoms with van der Waals surface area (Å²) in [5.41, 5.74) is 2.04. The lowest BCUT2D eigenvalue weighted by Crippen LogP contribution is -2.34. The van der Waals surface area contributed by atoms with Gasteiger partial charge in [-0.2, -0.15) is 5.10 Å². The molecule has 1 fully saturated rings. The highest BCUT2D eigenvalue weighted by Crippen LogP contribution is 2.19. The fourth-order valence-corrected chi connectivity index (χ4v) is 2.92. The monoisotopic (exact) mass is 317 g/mol. The van der Waals surface area contributed by atoms with Gasteiger partial charge in [-0.1, -0.05) is 0 Å². The second-order valence-corrected chi connectivity index (χ2v) is 6.41. The van der Waals surface area contributed by atoms with Crippen LogP contribution in [0.15, 0.2) is 12.3 Å². The summed E-state index contributed by atoms with van der Waals surface area (Å²) in [4.78, 5) is 17.0. The number of aromatic nitrogens is 3. The summed E-state index contributed by atoms with van der Waals surface area (Å²) in [6.45, 7) is 7.68. The first-order chi connectivity index (χ1) is 11.0. The summed E-state index contributed by atoms with van der Waals surface area (Å²) in [5.74, 6) is -0.104. The Hall–Kier alpha value is -1.99. The van der Waals surface area contributed by atoms with Gasteiger partial charge in [0.15, 0.2) is 5.65 Å². The summed E-state index contributed by atoms with van der Waals surface area (Å²) in [6, 6.07) is 2.05. The van der Waals surface area contributed by atoms with E-state index in [0.29, 0.717) is 24.3 Å². The maximum absolute atomic E-state index is 12.4. The van der Waals surface area contributed by atoms with Gasteiger partial charge in [0.25, 0.3) is 5.91 Å². The Balaban J connectivity index is 1.79. The summed E-state index contributed by atoms with van der Waals surface area (Å²) >= 11 is 0. The maximum Gasteiger partial charge on any atom is 0.253 e. The van der Waals surface area contributed by atoms with Crippen LogP contribution >= 0.6 is 0 Å². The highest BCUT2D eigenvalue weighted by Gasteiger charge is 2.25. The predicted molar refractivity (Wildman–Crippen MR) is 87.3 cm³/mol. The largest absolute Gasteiger partial charge is 0.391 e. The molecule has 3 heterocycles. The number of nitrogens with zero attached hydrogens (tertiary/aromatic N) is 3. The maximum atomic E-state index is 12.4.